The number of aromatic amines is 1. The van der Waals surface area contributed by atoms with Gasteiger partial charge in [-0.1, -0.05) is 48.0 Å². The average molecular weight is 487 g/mol. The first kappa shape index (κ1) is 24.3. The number of anilines is 1. The van der Waals surface area contributed by atoms with Crippen molar-refractivity contribution in [3.8, 4) is 0 Å². The molecule has 1 aromatic heterocycles. The molecule has 4 aromatic rings. The van der Waals surface area contributed by atoms with E-state index in [1.807, 2.05) is 62.4 Å². The predicted octanol–water partition coefficient (Wildman–Crippen LogP) is 5.94. The molecule has 178 valence electrons. The van der Waals surface area contributed by atoms with Gasteiger partial charge >= 0.3 is 5.97 Å². The minimum absolute atomic E-state index is 0.126. The van der Waals surface area contributed by atoms with E-state index in [9.17, 15) is 14.4 Å². The molecule has 0 fully saturated rings. The minimum Gasteiger partial charge on any atom is -0.451 e. The molecule has 1 atom stereocenters. The number of thioether (sulfide) groups is 1. The van der Waals surface area contributed by atoms with Crippen molar-refractivity contribution in [3.05, 3.63) is 95.2 Å². The van der Waals surface area contributed by atoms with Crippen LogP contribution in [0.4, 0.5) is 5.69 Å². The molecule has 3 aromatic carbocycles. The number of hydrogen-bond acceptors (Lipinski definition) is 5. The number of rotatable bonds is 8. The van der Waals surface area contributed by atoms with Crippen molar-refractivity contribution in [2.45, 2.75) is 31.8 Å². The van der Waals surface area contributed by atoms with Crippen molar-refractivity contribution >= 4 is 46.0 Å². The van der Waals surface area contributed by atoms with Crippen LogP contribution in [-0.2, 0) is 9.53 Å². The summed E-state index contributed by atoms with van der Waals surface area (Å²) in [7, 11) is 0. The van der Waals surface area contributed by atoms with Crippen LogP contribution in [0, 0.1) is 13.8 Å². The molecule has 0 saturated heterocycles. The normalized spacial score (nSPS) is 11.7. The van der Waals surface area contributed by atoms with Crippen molar-refractivity contribution < 1.29 is 19.1 Å². The Labute approximate surface area is 208 Å². The van der Waals surface area contributed by atoms with Gasteiger partial charge in [-0.05, 0) is 51.1 Å². The molecule has 6 nitrogen and oxygen atoms in total. The number of aromatic nitrogens is 1. The molecule has 2 N–H and O–H groups in total. The van der Waals surface area contributed by atoms with E-state index in [4.69, 9.17) is 4.74 Å². The van der Waals surface area contributed by atoms with E-state index in [0.29, 0.717) is 21.7 Å². The maximum atomic E-state index is 13.1. The van der Waals surface area contributed by atoms with Gasteiger partial charge in [0.05, 0.1) is 11.3 Å². The number of fused-ring (bicyclic) bond motifs is 1. The number of ketones is 1. The van der Waals surface area contributed by atoms with Crippen LogP contribution in [0.1, 0.15) is 38.9 Å². The van der Waals surface area contributed by atoms with Crippen LogP contribution in [0.25, 0.3) is 10.9 Å². The van der Waals surface area contributed by atoms with E-state index in [-0.39, 0.29) is 17.4 Å². The Balaban J connectivity index is 1.42. The molecule has 1 amide bonds. The van der Waals surface area contributed by atoms with Crippen LogP contribution in [0.5, 0.6) is 0 Å². The first-order valence-electron chi connectivity index (χ1n) is 11.2. The molecule has 35 heavy (non-hydrogen) atoms. The fourth-order valence-electron chi connectivity index (χ4n) is 3.81. The van der Waals surface area contributed by atoms with Crippen LogP contribution in [0.2, 0.25) is 0 Å². The van der Waals surface area contributed by atoms with Gasteiger partial charge in [-0.3, -0.25) is 9.59 Å². The summed E-state index contributed by atoms with van der Waals surface area (Å²) < 4.78 is 5.56. The molecule has 0 radical (unpaired) electrons. The second-order valence-electron chi connectivity index (χ2n) is 8.28. The summed E-state index contributed by atoms with van der Waals surface area (Å²) in [5, 5.41) is 3.65. The summed E-state index contributed by atoms with van der Waals surface area (Å²) in [5.41, 5.74) is 4.26. The number of ether oxygens (including phenoxy) is 1. The second-order valence-corrected chi connectivity index (χ2v) is 9.30. The van der Waals surface area contributed by atoms with Crippen molar-refractivity contribution in [1.82, 2.24) is 4.98 Å². The molecule has 0 spiro atoms. The second kappa shape index (κ2) is 10.6. The van der Waals surface area contributed by atoms with Gasteiger partial charge in [0.25, 0.3) is 0 Å². The smallest absolute Gasteiger partial charge is 0.339 e. The summed E-state index contributed by atoms with van der Waals surface area (Å²) in [6.45, 7) is 5.38. The zero-order valence-electron chi connectivity index (χ0n) is 19.8. The Morgan fingerprint density at radius 1 is 0.943 bits per heavy atom. The first-order valence-corrected chi connectivity index (χ1v) is 12.2. The molecule has 0 aliphatic rings. The highest BCUT2D eigenvalue weighted by molar-refractivity contribution is 8.00. The monoisotopic (exact) mass is 486 g/mol. The van der Waals surface area contributed by atoms with Crippen molar-refractivity contribution in [1.29, 1.82) is 0 Å². The van der Waals surface area contributed by atoms with Gasteiger partial charge in [0.1, 0.15) is 0 Å². The Morgan fingerprint density at radius 2 is 1.63 bits per heavy atom. The van der Waals surface area contributed by atoms with E-state index >= 15 is 0 Å². The number of amides is 1. The zero-order chi connectivity index (χ0) is 24.9. The minimum atomic E-state index is -0.969. The van der Waals surface area contributed by atoms with E-state index in [2.05, 4.69) is 10.3 Å². The molecule has 0 bridgehead atoms. The van der Waals surface area contributed by atoms with E-state index < -0.39 is 12.1 Å². The maximum Gasteiger partial charge on any atom is 0.339 e. The summed E-state index contributed by atoms with van der Waals surface area (Å²) in [6, 6.07) is 22.0. The zero-order valence-corrected chi connectivity index (χ0v) is 20.6. The van der Waals surface area contributed by atoms with Gasteiger partial charge in [-0.2, -0.15) is 0 Å². The Hall–Kier alpha value is -3.84. The largest absolute Gasteiger partial charge is 0.451 e. The number of Topliss-reactive ketones (excluding diaryl/α,β-unsaturated/α-hetero) is 1. The van der Waals surface area contributed by atoms with Crippen LogP contribution in [0.3, 0.4) is 0 Å². The third-order valence-corrected chi connectivity index (χ3v) is 6.67. The molecule has 0 saturated carbocycles. The fourth-order valence-corrected chi connectivity index (χ4v) is 4.65. The number of benzene rings is 3. The van der Waals surface area contributed by atoms with Crippen LogP contribution < -0.4 is 5.32 Å². The standard InChI is InChI=1S/C28H26N2O4S/c1-17-12-14-20(15-13-17)30-25(31)16-35-24-11-7-5-9-22(24)28(33)34-19(3)27(32)26-18(2)29-23-10-6-4-8-21(23)26/h4-15,19,29H,16H2,1-3H3,(H,30,31). The Bertz CT molecular complexity index is 1390. The number of carbonyl (C=O) groups excluding carboxylic acids is 3. The van der Waals surface area contributed by atoms with Crippen molar-refractivity contribution in [3.63, 3.8) is 0 Å². The maximum absolute atomic E-state index is 13.1. The highest BCUT2D eigenvalue weighted by atomic mass is 32.2. The molecular formula is C28H26N2O4S. The molecular weight excluding hydrogens is 460 g/mol. The number of hydrogen-bond donors (Lipinski definition) is 2. The third-order valence-electron chi connectivity index (χ3n) is 5.59. The molecule has 0 aliphatic heterocycles. The van der Waals surface area contributed by atoms with Gasteiger partial charge in [0.15, 0.2) is 6.10 Å². The molecule has 4 rings (SSSR count). The SMILES string of the molecule is Cc1ccc(NC(=O)CSc2ccccc2C(=O)OC(C)C(=O)c2c(C)[nH]c3ccccc23)cc1. The van der Waals surface area contributed by atoms with Gasteiger partial charge in [-0.25, -0.2) is 4.79 Å². The van der Waals surface area contributed by atoms with Gasteiger partial charge in [0.2, 0.25) is 11.7 Å². The van der Waals surface area contributed by atoms with Crippen LogP contribution >= 0.6 is 11.8 Å². The van der Waals surface area contributed by atoms with Crippen LogP contribution in [-0.4, -0.2) is 34.5 Å². The quantitative estimate of drug-likeness (QED) is 0.183. The molecule has 1 unspecified atom stereocenters. The van der Waals surface area contributed by atoms with E-state index in [0.717, 1.165) is 22.2 Å². The highest BCUT2D eigenvalue weighted by Crippen LogP contribution is 2.26. The highest BCUT2D eigenvalue weighted by Gasteiger charge is 2.25. The number of aryl methyl sites for hydroxylation is 2. The number of nitrogens with one attached hydrogen (secondary N) is 2. The lowest BCUT2D eigenvalue weighted by Gasteiger charge is -2.14. The topological polar surface area (TPSA) is 88.3 Å². The predicted molar refractivity (Wildman–Crippen MR) is 139 cm³/mol. The molecule has 7 heteroatoms. The van der Waals surface area contributed by atoms with E-state index in [1.165, 1.54) is 11.8 Å². The molecule has 1 heterocycles. The lowest BCUT2D eigenvalue weighted by Crippen LogP contribution is -2.25. The first-order chi connectivity index (χ1) is 16.8. The number of para-hydroxylation sites is 1. The summed E-state index contributed by atoms with van der Waals surface area (Å²) in [4.78, 5) is 42.3. The Morgan fingerprint density at radius 3 is 2.40 bits per heavy atom. The van der Waals surface area contributed by atoms with Gasteiger partial charge < -0.3 is 15.0 Å². The van der Waals surface area contributed by atoms with Crippen molar-refractivity contribution in [2.75, 3.05) is 11.1 Å². The Kier molecular flexibility index (Phi) is 7.36. The molecule has 0 aliphatic carbocycles. The number of H-pyrrole nitrogens is 1. The van der Waals surface area contributed by atoms with Crippen LogP contribution in [0.15, 0.2) is 77.7 Å². The average Bonchev–Trinajstić information content (AvgIpc) is 3.19. The number of esters is 1. The number of carbonyl (C=O) groups is 3. The van der Waals surface area contributed by atoms with Gasteiger partial charge in [-0.15, -0.1) is 11.8 Å². The fraction of sp³-hybridized carbons (Fsp3) is 0.179. The lowest BCUT2D eigenvalue weighted by atomic mass is 10.0. The summed E-state index contributed by atoms with van der Waals surface area (Å²) in [5.74, 6) is -0.928. The van der Waals surface area contributed by atoms with Gasteiger partial charge in [0, 0.05) is 32.7 Å². The third kappa shape index (κ3) is 5.63. The summed E-state index contributed by atoms with van der Waals surface area (Å²) >= 11 is 1.24. The summed E-state index contributed by atoms with van der Waals surface area (Å²) in [6.07, 6.45) is -0.969. The van der Waals surface area contributed by atoms with Crippen molar-refractivity contribution in [2.24, 2.45) is 0 Å². The lowest BCUT2D eigenvalue weighted by molar-refractivity contribution is -0.113. The van der Waals surface area contributed by atoms with E-state index in [1.54, 1.807) is 31.2 Å².